The molecule has 0 saturated carbocycles. The Kier molecular flexibility index (Phi) is 3.66. The molecule has 18 heavy (non-hydrogen) atoms. The Morgan fingerprint density at radius 2 is 1.78 bits per heavy atom. The fourth-order valence-corrected chi connectivity index (χ4v) is 1.11. The van der Waals surface area contributed by atoms with Crippen molar-refractivity contribution in [3.8, 4) is 0 Å². The summed E-state index contributed by atoms with van der Waals surface area (Å²) in [5.41, 5.74) is 3.32. The van der Waals surface area contributed by atoms with Crippen molar-refractivity contribution in [2.45, 2.75) is 19.4 Å². The minimum atomic E-state index is -1.49. The predicted octanol–water partition coefficient (Wildman–Crippen LogP) is 1.34. The van der Waals surface area contributed by atoms with Crippen LogP contribution in [0.15, 0.2) is 12.1 Å². The summed E-state index contributed by atoms with van der Waals surface area (Å²) in [4.78, 5) is 22.4. The topological polar surface area (TPSA) is 92.4 Å². The molecule has 0 radical (unpaired) electrons. The first-order valence-electron chi connectivity index (χ1n) is 4.95. The number of amides is 1. The number of carboxylic acids is 1. The molecule has 1 aromatic carbocycles. The smallest absolute Gasteiger partial charge is 0.337 e. The van der Waals surface area contributed by atoms with E-state index in [1.165, 1.54) is 13.8 Å². The van der Waals surface area contributed by atoms with Crippen molar-refractivity contribution < 1.29 is 23.5 Å². The highest BCUT2D eigenvalue weighted by molar-refractivity contribution is 6.03. The van der Waals surface area contributed by atoms with Gasteiger partial charge in [-0.1, -0.05) is 0 Å². The van der Waals surface area contributed by atoms with Crippen LogP contribution in [0.4, 0.5) is 14.5 Å². The Balaban J connectivity index is 3.20. The standard InChI is InChI=1S/C11H12F2N2O3/c1-11(2,14)10(18)15-8-4-7(13)6(12)3-5(8)9(16)17/h3-4H,14H2,1-2H3,(H,15,18)(H,16,17). The van der Waals surface area contributed by atoms with Gasteiger partial charge in [0.25, 0.3) is 0 Å². The van der Waals surface area contributed by atoms with Gasteiger partial charge < -0.3 is 16.2 Å². The lowest BCUT2D eigenvalue weighted by atomic mass is 10.1. The Morgan fingerprint density at radius 1 is 1.28 bits per heavy atom. The summed E-state index contributed by atoms with van der Waals surface area (Å²) in [5.74, 6) is -4.77. The van der Waals surface area contributed by atoms with Gasteiger partial charge in [-0.25, -0.2) is 13.6 Å². The zero-order valence-electron chi connectivity index (χ0n) is 9.75. The van der Waals surface area contributed by atoms with Crippen LogP contribution in [0.5, 0.6) is 0 Å². The molecule has 0 spiro atoms. The molecule has 0 aliphatic carbocycles. The van der Waals surface area contributed by atoms with E-state index in [0.29, 0.717) is 12.1 Å². The molecular formula is C11H12F2N2O3. The fourth-order valence-electron chi connectivity index (χ4n) is 1.11. The Morgan fingerprint density at radius 3 is 2.22 bits per heavy atom. The number of hydrogen-bond acceptors (Lipinski definition) is 3. The summed E-state index contributed by atoms with van der Waals surface area (Å²) >= 11 is 0. The molecule has 7 heteroatoms. The van der Waals surface area contributed by atoms with Gasteiger partial charge in [0, 0.05) is 6.07 Å². The maximum Gasteiger partial charge on any atom is 0.337 e. The van der Waals surface area contributed by atoms with E-state index < -0.39 is 34.6 Å². The van der Waals surface area contributed by atoms with Crippen LogP contribution in [-0.2, 0) is 4.79 Å². The molecule has 0 aliphatic rings. The summed E-state index contributed by atoms with van der Waals surface area (Å²) in [6, 6.07) is 1.10. The van der Waals surface area contributed by atoms with E-state index in [-0.39, 0.29) is 5.69 Å². The molecule has 98 valence electrons. The summed E-state index contributed by atoms with van der Waals surface area (Å²) in [5, 5.41) is 11.0. The monoisotopic (exact) mass is 258 g/mol. The lowest BCUT2D eigenvalue weighted by molar-refractivity contribution is -0.120. The van der Waals surface area contributed by atoms with E-state index in [9.17, 15) is 18.4 Å². The minimum Gasteiger partial charge on any atom is -0.478 e. The van der Waals surface area contributed by atoms with Gasteiger partial charge in [-0.15, -0.1) is 0 Å². The average molecular weight is 258 g/mol. The molecule has 4 N–H and O–H groups in total. The Labute approximate surface area is 102 Å². The van der Waals surface area contributed by atoms with E-state index in [2.05, 4.69) is 5.32 Å². The van der Waals surface area contributed by atoms with Gasteiger partial charge >= 0.3 is 5.97 Å². The quantitative estimate of drug-likeness (QED) is 0.762. The van der Waals surface area contributed by atoms with Crippen LogP contribution < -0.4 is 11.1 Å². The summed E-state index contributed by atoms with van der Waals surface area (Å²) in [6.45, 7) is 2.78. The minimum absolute atomic E-state index is 0.343. The van der Waals surface area contributed by atoms with Crippen LogP contribution in [-0.4, -0.2) is 22.5 Å². The fraction of sp³-hybridized carbons (Fsp3) is 0.273. The second-order valence-corrected chi connectivity index (χ2v) is 4.29. The van der Waals surface area contributed by atoms with Gasteiger partial charge in [-0.05, 0) is 19.9 Å². The molecule has 5 nitrogen and oxygen atoms in total. The lowest BCUT2D eigenvalue weighted by Gasteiger charge is -2.18. The zero-order chi connectivity index (χ0) is 14.1. The van der Waals surface area contributed by atoms with Crippen molar-refractivity contribution in [3.63, 3.8) is 0 Å². The van der Waals surface area contributed by atoms with Crippen LogP contribution in [0.2, 0.25) is 0 Å². The Hall–Kier alpha value is -2.02. The molecule has 0 aromatic heterocycles. The van der Waals surface area contributed by atoms with Crippen LogP contribution in [0, 0.1) is 11.6 Å². The van der Waals surface area contributed by atoms with Crippen LogP contribution in [0.1, 0.15) is 24.2 Å². The average Bonchev–Trinajstić information content (AvgIpc) is 2.21. The van der Waals surface area contributed by atoms with Crippen molar-refractivity contribution in [2.24, 2.45) is 5.73 Å². The highest BCUT2D eigenvalue weighted by Gasteiger charge is 2.24. The van der Waals surface area contributed by atoms with Gasteiger partial charge in [0.1, 0.15) is 0 Å². The summed E-state index contributed by atoms with van der Waals surface area (Å²) in [7, 11) is 0. The first-order chi connectivity index (χ1) is 8.12. The molecule has 0 fully saturated rings. The first kappa shape index (κ1) is 14.0. The first-order valence-corrected chi connectivity index (χ1v) is 4.95. The number of hydrogen-bond donors (Lipinski definition) is 3. The summed E-state index contributed by atoms with van der Waals surface area (Å²) in [6.07, 6.45) is 0. The maximum absolute atomic E-state index is 13.0. The van der Waals surface area contributed by atoms with Crippen molar-refractivity contribution >= 4 is 17.6 Å². The number of nitrogens with one attached hydrogen (secondary N) is 1. The lowest BCUT2D eigenvalue weighted by Crippen LogP contribution is -2.45. The molecule has 0 aliphatic heterocycles. The molecule has 0 unspecified atom stereocenters. The number of carboxylic acid groups (broad SMARTS) is 1. The van der Waals surface area contributed by atoms with Gasteiger partial charge in [-0.3, -0.25) is 4.79 Å². The maximum atomic E-state index is 13.0. The summed E-state index contributed by atoms with van der Waals surface area (Å²) < 4.78 is 25.9. The van der Waals surface area contributed by atoms with E-state index in [1.54, 1.807) is 0 Å². The van der Waals surface area contributed by atoms with Gasteiger partial charge in [0.05, 0.1) is 16.8 Å². The third-order valence-electron chi connectivity index (χ3n) is 2.12. The largest absolute Gasteiger partial charge is 0.478 e. The van der Waals surface area contributed by atoms with Gasteiger partial charge in [0.2, 0.25) is 5.91 Å². The van der Waals surface area contributed by atoms with E-state index in [0.717, 1.165) is 0 Å². The van der Waals surface area contributed by atoms with Crippen molar-refractivity contribution in [2.75, 3.05) is 5.32 Å². The number of aromatic carboxylic acids is 1. The number of carbonyl (C=O) groups is 2. The van der Waals surface area contributed by atoms with Crippen molar-refractivity contribution in [1.29, 1.82) is 0 Å². The van der Waals surface area contributed by atoms with Crippen LogP contribution >= 0.6 is 0 Å². The second kappa shape index (κ2) is 4.69. The normalized spacial score (nSPS) is 11.2. The van der Waals surface area contributed by atoms with E-state index in [4.69, 9.17) is 10.8 Å². The van der Waals surface area contributed by atoms with Crippen molar-refractivity contribution in [1.82, 2.24) is 0 Å². The molecule has 0 saturated heterocycles. The van der Waals surface area contributed by atoms with E-state index in [1.807, 2.05) is 0 Å². The Bertz CT molecular complexity index is 510. The molecule has 0 bridgehead atoms. The molecule has 1 rings (SSSR count). The third kappa shape index (κ3) is 3.01. The molecule has 1 aromatic rings. The number of rotatable bonds is 3. The molecule has 1 amide bonds. The number of benzene rings is 1. The van der Waals surface area contributed by atoms with Crippen LogP contribution in [0.3, 0.4) is 0 Å². The number of carbonyl (C=O) groups excluding carboxylic acids is 1. The second-order valence-electron chi connectivity index (χ2n) is 4.29. The van der Waals surface area contributed by atoms with Crippen molar-refractivity contribution in [3.05, 3.63) is 29.3 Å². The molecule has 0 atom stereocenters. The molecular weight excluding hydrogens is 246 g/mol. The number of halogens is 2. The zero-order valence-corrected chi connectivity index (χ0v) is 9.75. The van der Waals surface area contributed by atoms with E-state index >= 15 is 0 Å². The highest BCUT2D eigenvalue weighted by atomic mass is 19.2. The highest BCUT2D eigenvalue weighted by Crippen LogP contribution is 2.21. The number of nitrogens with two attached hydrogens (primary N) is 1. The SMILES string of the molecule is CC(C)(N)C(=O)Nc1cc(F)c(F)cc1C(=O)O. The van der Waals surface area contributed by atoms with Crippen LogP contribution in [0.25, 0.3) is 0 Å². The van der Waals surface area contributed by atoms with Gasteiger partial charge in [-0.2, -0.15) is 0 Å². The predicted molar refractivity (Wildman–Crippen MR) is 60.2 cm³/mol. The molecule has 0 heterocycles. The third-order valence-corrected chi connectivity index (χ3v) is 2.12. The van der Waals surface area contributed by atoms with Gasteiger partial charge in [0.15, 0.2) is 11.6 Å². The number of anilines is 1.